The summed E-state index contributed by atoms with van der Waals surface area (Å²) >= 11 is 0. The van der Waals surface area contributed by atoms with Crippen LogP contribution in [0.2, 0.25) is 0 Å². The molecule has 0 aliphatic carbocycles. The molecule has 0 aromatic heterocycles. The molecule has 0 atom stereocenters. The molecule has 5 heteroatoms. The van der Waals surface area contributed by atoms with Crippen LogP contribution in [0.5, 0.6) is 0 Å². The van der Waals surface area contributed by atoms with Crippen LogP contribution in [-0.2, 0) is 22.4 Å². The lowest BCUT2D eigenvalue weighted by molar-refractivity contribution is -0.140. The maximum Gasteiger partial charge on any atom is 0.242 e. The van der Waals surface area contributed by atoms with E-state index in [4.69, 9.17) is 0 Å². The summed E-state index contributed by atoms with van der Waals surface area (Å²) in [5.74, 6) is 0.213. The average Bonchev–Trinajstić information content (AvgIpc) is 2.93. The Hall–Kier alpha value is -2.17. The zero-order chi connectivity index (χ0) is 17.8. The highest BCUT2D eigenvalue weighted by Gasteiger charge is 2.24. The van der Waals surface area contributed by atoms with Crippen molar-refractivity contribution in [2.24, 2.45) is 0 Å². The van der Waals surface area contributed by atoms with E-state index in [9.17, 15) is 14.4 Å². The van der Waals surface area contributed by atoms with Gasteiger partial charge in [0.15, 0.2) is 5.78 Å². The molecule has 0 N–H and O–H groups in total. The van der Waals surface area contributed by atoms with E-state index in [1.165, 1.54) is 5.56 Å². The minimum Gasteiger partial charge on any atom is -0.340 e. The molecule has 2 heterocycles. The quantitative estimate of drug-likeness (QED) is 0.792. The molecule has 1 fully saturated rings. The number of nitrogens with zero attached hydrogens (tertiary/aromatic N) is 2. The summed E-state index contributed by atoms with van der Waals surface area (Å²) in [5, 5.41) is 0. The molecule has 2 amide bonds. The number of fused-ring (bicyclic) bond motifs is 1. The number of hydrogen-bond donors (Lipinski definition) is 0. The van der Waals surface area contributed by atoms with Crippen LogP contribution in [0.4, 0.5) is 0 Å². The molecule has 0 saturated carbocycles. The van der Waals surface area contributed by atoms with E-state index in [0.717, 1.165) is 43.2 Å². The molecule has 0 bridgehead atoms. The van der Waals surface area contributed by atoms with Crippen LogP contribution in [0.15, 0.2) is 18.2 Å². The number of benzene rings is 1. The van der Waals surface area contributed by atoms with Crippen LogP contribution in [0, 0.1) is 0 Å². The summed E-state index contributed by atoms with van der Waals surface area (Å²) in [5.41, 5.74) is 3.11. The summed E-state index contributed by atoms with van der Waals surface area (Å²) in [6.07, 6.45) is 5.10. The Kier molecular flexibility index (Phi) is 5.51. The zero-order valence-corrected chi connectivity index (χ0v) is 14.9. The van der Waals surface area contributed by atoms with Crippen molar-refractivity contribution in [1.29, 1.82) is 0 Å². The molecular weight excluding hydrogens is 316 g/mol. The van der Waals surface area contributed by atoms with Crippen LogP contribution in [0.25, 0.3) is 0 Å². The maximum absolute atomic E-state index is 12.7. The minimum atomic E-state index is 0.0369. The number of rotatable bonds is 3. The normalized spacial score (nSPS) is 18.4. The molecule has 2 aliphatic heterocycles. The summed E-state index contributed by atoms with van der Waals surface area (Å²) in [4.78, 5) is 39.9. The van der Waals surface area contributed by atoms with Gasteiger partial charge in [0.1, 0.15) is 0 Å². The fourth-order valence-electron chi connectivity index (χ4n) is 3.66. The zero-order valence-electron chi connectivity index (χ0n) is 14.9. The van der Waals surface area contributed by atoms with Crippen molar-refractivity contribution in [2.45, 2.75) is 45.4 Å². The van der Waals surface area contributed by atoms with Crippen molar-refractivity contribution in [2.75, 3.05) is 26.2 Å². The third-order valence-electron chi connectivity index (χ3n) is 5.27. The number of hydrogen-bond acceptors (Lipinski definition) is 3. The van der Waals surface area contributed by atoms with E-state index in [1.54, 1.807) is 11.8 Å². The van der Waals surface area contributed by atoms with E-state index in [-0.39, 0.29) is 24.1 Å². The predicted molar refractivity (Wildman–Crippen MR) is 95.5 cm³/mol. The third kappa shape index (κ3) is 4.27. The fraction of sp³-hybridized carbons (Fsp3) is 0.550. The molecule has 1 aromatic carbocycles. The largest absolute Gasteiger partial charge is 0.340 e. The molecule has 0 spiro atoms. The molecule has 0 radical (unpaired) electrons. The van der Waals surface area contributed by atoms with Gasteiger partial charge < -0.3 is 9.80 Å². The van der Waals surface area contributed by atoms with Crippen molar-refractivity contribution in [3.05, 3.63) is 34.9 Å². The van der Waals surface area contributed by atoms with Crippen molar-refractivity contribution in [1.82, 2.24) is 9.80 Å². The van der Waals surface area contributed by atoms with Gasteiger partial charge in [0.2, 0.25) is 11.8 Å². The Bertz CT molecular complexity index is 684. The molecular formula is C20H26N2O3. The molecule has 1 aromatic rings. The van der Waals surface area contributed by atoms with Crippen molar-refractivity contribution in [3.63, 3.8) is 0 Å². The lowest BCUT2D eigenvalue weighted by atomic mass is 9.99. The van der Waals surface area contributed by atoms with Crippen molar-refractivity contribution >= 4 is 17.6 Å². The average molecular weight is 342 g/mol. The van der Waals surface area contributed by atoms with Gasteiger partial charge in [0, 0.05) is 31.6 Å². The highest BCUT2D eigenvalue weighted by atomic mass is 16.2. The van der Waals surface area contributed by atoms with Gasteiger partial charge in [0.05, 0.1) is 6.54 Å². The first-order valence-corrected chi connectivity index (χ1v) is 9.23. The summed E-state index contributed by atoms with van der Waals surface area (Å²) in [6, 6.07) is 5.84. The van der Waals surface area contributed by atoms with Crippen LogP contribution >= 0.6 is 0 Å². The molecule has 25 heavy (non-hydrogen) atoms. The second kappa shape index (κ2) is 7.81. The molecule has 3 rings (SSSR count). The topological polar surface area (TPSA) is 57.7 Å². The number of amides is 2. The monoisotopic (exact) mass is 342 g/mol. The van der Waals surface area contributed by atoms with Gasteiger partial charge in [-0.3, -0.25) is 14.4 Å². The molecule has 134 valence electrons. The van der Waals surface area contributed by atoms with Gasteiger partial charge in [-0.15, -0.1) is 0 Å². The second-order valence-corrected chi connectivity index (χ2v) is 7.05. The van der Waals surface area contributed by atoms with Crippen LogP contribution in [0.3, 0.4) is 0 Å². The highest BCUT2D eigenvalue weighted by Crippen LogP contribution is 2.19. The summed E-state index contributed by atoms with van der Waals surface area (Å²) in [7, 11) is 0. The number of carbonyl (C=O) groups is 3. The van der Waals surface area contributed by atoms with Gasteiger partial charge >= 0.3 is 0 Å². The number of Topliss-reactive ketones (excluding diaryl/α,β-unsaturated/α-hetero) is 1. The van der Waals surface area contributed by atoms with Gasteiger partial charge in [0.25, 0.3) is 0 Å². The minimum absolute atomic E-state index is 0.0369. The van der Waals surface area contributed by atoms with Gasteiger partial charge in [-0.1, -0.05) is 18.6 Å². The van der Waals surface area contributed by atoms with Crippen LogP contribution in [0.1, 0.15) is 54.1 Å². The fourth-order valence-corrected chi connectivity index (χ4v) is 3.66. The van der Waals surface area contributed by atoms with Gasteiger partial charge in [-0.2, -0.15) is 0 Å². The van der Waals surface area contributed by atoms with E-state index < -0.39 is 0 Å². The second-order valence-electron chi connectivity index (χ2n) is 7.05. The van der Waals surface area contributed by atoms with E-state index in [1.807, 2.05) is 23.1 Å². The maximum atomic E-state index is 12.7. The van der Waals surface area contributed by atoms with E-state index in [2.05, 4.69) is 0 Å². The Labute approximate surface area is 149 Å². The van der Waals surface area contributed by atoms with Gasteiger partial charge in [-0.25, -0.2) is 0 Å². The molecule has 5 nitrogen and oxygen atoms in total. The predicted octanol–water partition coefficient (Wildman–Crippen LogP) is 2.22. The SMILES string of the molecule is CC(=O)c1ccc2c(c1)CCN(C(=O)CN1CCCCCC1=O)CC2. The lowest BCUT2D eigenvalue weighted by Gasteiger charge is -2.25. The number of ketones is 1. The summed E-state index contributed by atoms with van der Waals surface area (Å²) < 4.78 is 0. The highest BCUT2D eigenvalue weighted by molar-refractivity contribution is 5.94. The molecule has 1 saturated heterocycles. The van der Waals surface area contributed by atoms with Crippen molar-refractivity contribution in [3.8, 4) is 0 Å². The Morgan fingerprint density at radius 3 is 2.48 bits per heavy atom. The first kappa shape index (κ1) is 17.6. The first-order valence-electron chi connectivity index (χ1n) is 9.23. The summed E-state index contributed by atoms with van der Waals surface area (Å²) in [6.45, 7) is 3.80. The van der Waals surface area contributed by atoms with E-state index in [0.29, 0.717) is 26.1 Å². The van der Waals surface area contributed by atoms with Crippen LogP contribution < -0.4 is 0 Å². The smallest absolute Gasteiger partial charge is 0.242 e. The standard InChI is InChI=1S/C20H26N2O3/c1-15(23)17-7-6-16-8-11-21(12-9-18(16)13-17)20(25)14-22-10-4-2-3-5-19(22)24/h6-7,13H,2-5,8-12,14H2,1H3. The number of carbonyl (C=O) groups excluding carboxylic acids is 3. The first-order chi connectivity index (χ1) is 12.0. The lowest BCUT2D eigenvalue weighted by Crippen LogP contribution is -2.43. The Balaban J connectivity index is 1.63. The van der Waals surface area contributed by atoms with E-state index >= 15 is 0 Å². The van der Waals surface area contributed by atoms with Gasteiger partial charge in [-0.05, 0) is 49.8 Å². The Morgan fingerprint density at radius 1 is 0.960 bits per heavy atom. The third-order valence-corrected chi connectivity index (χ3v) is 5.27. The van der Waals surface area contributed by atoms with Crippen molar-refractivity contribution < 1.29 is 14.4 Å². The van der Waals surface area contributed by atoms with Crippen LogP contribution in [-0.4, -0.2) is 53.6 Å². The molecule has 0 unspecified atom stereocenters. The number of likely N-dealkylation sites (tertiary alicyclic amines) is 1. The Morgan fingerprint density at radius 2 is 1.72 bits per heavy atom. The molecule has 2 aliphatic rings.